The fraction of sp³-hybridized carbons (Fsp3) is 0.500. The maximum Gasteiger partial charge on any atom is 0.141 e. The van der Waals surface area contributed by atoms with Crippen molar-refractivity contribution >= 4 is 15.9 Å². The molecule has 1 rings (SSSR count). The highest BCUT2D eigenvalue weighted by Gasteiger charge is 2.19. The zero-order chi connectivity index (χ0) is 12.3. The molecular weight excluding hydrogens is 273 g/mol. The molecule has 0 fully saturated rings. The molecule has 0 bridgehead atoms. The van der Waals surface area contributed by atoms with Gasteiger partial charge in [-0.1, -0.05) is 13.8 Å². The normalized spacial score (nSPS) is 12.9. The van der Waals surface area contributed by atoms with Crippen molar-refractivity contribution in [3.63, 3.8) is 0 Å². The molecule has 1 aromatic rings. The molecule has 1 atom stereocenters. The maximum absolute atomic E-state index is 13.4. The lowest BCUT2D eigenvalue weighted by Gasteiger charge is -2.23. The van der Waals surface area contributed by atoms with E-state index in [4.69, 9.17) is 4.74 Å². The average Bonchev–Trinajstić information content (AvgIpc) is 2.23. The van der Waals surface area contributed by atoms with Crippen molar-refractivity contribution < 1.29 is 9.13 Å². The summed E-state index contributed by atoms with van der Waals surface area (Å²) in [5.74, 6) is 0.671. The van der Waals surface area contributed by atoms with Gasteiger partial charge >= 0.3 is 0 Å². The maximum atomic E-state index is 13.4. The number of methoxy groups -OCH3 is 1. The number of rotatable bonds is 4. The van der Waals surface area contributed by atoms with Crippen LogP contribution in [0.5, 0.6) is 5.75 Å². The van der Waals surface area contributed by atoms with E-state index in [1.807, 2.05) is 7.05 Å². The van der Waals surface area contributed by atoms with Crippen LogP contribution in [-0.4, -0.2) is 14.2 Å². The van der Waals surface area contributed by atoms with E-state index in [-0.39, 0.29) is 11.9 Å². The summed E-state index contributed by atoms with van der Waals surface area (Å²) in [6.07, 6.45) is 0. The van der Waals surface area contributed by atoms with Crippen LogP contribution in [0.15, 0.2) is 16.6 Å². The van der Waals surface area contributed by atoms with Gasteiger partial charge in [-0.3, -0.25) is 0 Å². The third-order valence-electron chi connectivity index (χ3n) is 2.59. The van der Waals surface area contributed by atoms with E-state index in [1.54, 1.807) is 13.2 Å². The highest BCUT2D eigenvalue weighted by atomic mass is 79.9. The summed E-state index contributed by atoms with van der Waals surface area (Å²) in [5.41, 5.74) is 0.966. The highest BCUT2D eigenvalue weighted by Crippen LogP contribution is 2.33. The zero-order valence-corrected chi connectivity index (χ0v) is 11.6. The second kappa shape index (κ2) is 5.64. The van der Waals surface area contributed by atoms with Gasteiger partial charge in [0.15, 0.2) is 0 Å². The Kier molecular flexibility index (Phi) is 4.74. The molecular formula is C12H17BrFNO. The molecule has 0 spiro atoms. The molecule has 0 radical (unpaired) electrons. The van der Waals surface area contributed by atoms with E-state index in [1.165, 1.54) is 6.07 Å². The van der Waals surface area contributed by atoms with E-state index in [0.717, 1.165) is 5.56 Å². The summed E-state index contributed by atoms with van der Waals surface area (Å²) in [4.78, 5) is 0. The van der Waals surface area contributed by atoms with Gasteiger partial charge in [-0.25, -0.2) is 4.39 Å². The van der Waals surface area contributed by atoms with Crippen molar-refractivity contribution in [2.24, 2.45) is 5.92 Å². The van der Waals surface area contributed by atoms with Crippen molar-refractivity contribution in [3.8, 4) is 5.75 Å². The van der Waals surface area contributed by atoms with Crippen LogP contribution < -0.4 is 10.1 Å². The van der Waals surface area contributed by atoms with E-state index in [9.17, 15) is 4.39 Å². The molecule has 0 saturated heterocycles. The summed E-state index contributed by atoms with van der Waals surface area (Å²) >= 11 is 3.20. The third-order valence-corrected chi connectivity index (χ3v) is 3.19. The Morgan fingerprint density at radius 3 is 2.44 bits per heavy atom. The van der Waals surface area contributed by atoms with Crippen LogP contribution in [0.25, 0.3) is 0 Å². The largest absolute Gasteiger partial charge is 0.496 e. The molecule has 0 heterocycles. The van der Waals surface area contributed by atoms with Gasteiger partial charge in [0.05, 0.1) is 11.6 Å². The number of hydrogen-bond donors (Lipinski definition) is 1. The number of halogens is 2. The highest BCUT2D eigenvalue weighted by molar-refractivity contribution is 9.10. The Morgan fingerprint density at radius 2 is 2.00 bits per heavy atom. The second-order valence-electron chi connectivity index (χ2n) is 4.02. The minimum Gasteiger partial charge on any atom is -0.496 e. The average molecular weight is 290 g/mol. The van der Waals surface area contributed by atoms with Gasteiger partial charge in [0.2, 0.25) is 0 Å². The number of nitrogens with one attached hydrogen (secondary N) is 1. The van der Waals surface area contributed by atoms with Crippen molar-refractivity contribution in [1.29, 1.82) is 0 Å². The van der Waals surface area contributed by atoms with Crippen LogP contribution in [0.2, 0.25) is 0 Å². The van der Waals surface area contributed by atoms with E-state index >= 15 is 0 Å². The first-order chi connectivity index (χ1) is 7.51. The van der Waals surface area contributed by atoms with Crippen molar-refractivity contribution in [1.82, 2.24) is 5.32 Å². The molecule has 4 heteroatoms. The Morgan fingerprint density at radius 1 is 1.38 bits per heavy atom. The summed E-state index contributed by atoms with van der Waals surface area (Å²) in [6, 6.07) is 3.33. The molecule has 2 nitrogen and oxygen atoms in total. The number of hydrogen-bond acceptors (Lipinski definition) is 2. The quantitative estimate of drug-likeness (QED) is 0.916. The summed E-state index contributed by atoms with van der Waals surface area (Å²) in [7, 11) is 3.45. The molecule has 90 valence electrons. The first kappa shape index (κ1) is 13.5. The molecule has 0 aliphatic rings. The summed E-state index contributed by atoms with van der Waals surface area (Å²) < 4.78 is 19.0. The van der Waals surface area contributed by atoms with Crippen molar-refractivity contribution in [2.45, 2.75) is 19.9 Å². The first-order valence-corrected chi connectivity index (χ1v) is 6.00. The summed E-state index contributed by atoms with van der Waals surface area (Å²) in [6.45, 7) is 4.22. The molecule has 1 aromatic carbocycles. The van der Waals surface area contributed by atoms with E-state index in [2.05, 4.69) is 35.1 Å². The van der Waals surface area contributed by atoms with E-state index < -0.39 is 0 Å². The van der Waals surface area contributed by atoms with Gasteiger partial charge in [0.25, 0.3) is 0 Å². The fourth-order valence-electron chi connectivity index (χ4n) is 1.81. The van der Waals surface area contributed by atoms with Gasteiger partial charge in [0, 0.05) is 17.7 Å². The number of ether oxygens (including phenoxy) is 1. The molecule has 0 aromatic heterocycles. The molecule has 0 aliphatic carbocycles. The van der Waals surface area contributed by atoms with Gasteiger partial charge in [-0.05, 0) is 35.0 Å². The minimum atomic E-state index is -0.306. The molecule has 16 heavy (non-hydrogen) atoms. The predicted molar refractivity (Wildman–Crippen MR) is 67.3 cm³/mol. The molecule has 0 amide bonds. The van der Waals surface area contributed by atoms with Gasteiger partial charge in [-0.2, -0.15) is 0 Å². The third kappa shape index (κ3) is 2.74. The van der Waals surface area contributed by atoms with E-state index in [0.29, 0.717) is 16.1 Å². The Labute approximate surface area is 104 Å². The van der Waals surface area contributed by atoms with Gasteiger partial charge < -0.3 is 10.1 Å². The van der Waals surface area contributed by atoms with Crippen LogP contribution >= 0.6 is 15.9 Å². The van der Waals surface area contributed by atoms with Gasteiger partial charge in [-0.15, -0.1) is 0 Å². The molecule has 1 N–H and O–H groups in total. The molecule has 1 unspecified atom stereocenters. The lowest BCUT2D eigenvalue weighted by molar-refractivity contribution is 0.378. The fourth-order valence-corrected chi connectivity index (χ4v) is 2.17. The lowest BCUT2D eigenvalue weighted by Crippen LogP contribution is -2.22. The Balaban J connectivity index is 3.24. The monoisotopic (exact) mass is 289 g/mol. The van der Waals surface area contributed by atoms with Crippen LogP contribution in [0.3, 0.4) is 0 Å². The van der Waals surface area contributed by atoms with Crippen LogP contribution in [0.4, 0.5) is 4.39 Å². The molecule has 0 aliphatic heterocycles. The lowest BCUT2D eigenvalue weighted by atomic mass is 9.95. The van der Waals surface area contributed by atoms with Gasteiger partial charge in [0.1, 0.15) is 11.6 Å². The van der Waals surface area contributed by atoms with Crippen molar-refractivity contribution in [3.05, 3.63) is 28.0 Å². The second-order valence-corrected chi connectivity index (χ2v) is 4.87. The summed E-state index contributed by atoms with van der Waals surface area (Å²) in [5, 5.41) is 3.22. The standard InChI is InChI=1S/C12H17BrFNO/c1-7(2)12(15-3)8-5-9(13)10(14)6-11(8)16-4/h5-7,12,15H,1-4H3. The molecule has 0 saturated carbocycles. The van der Waals surface area contributed by atoms with Crippen LogP contribution in [0.1, 0.15) is 25.5 Å². The first-order valence-electron chi connectivity index (χ1n) is 5.21. The smallest absolute Gasteiger partial charge is 0.141 e. The topological polar surface area (TPSA) is 21.3 Å². The van der Waals surface area contributed by atoms with Crippen molar-refractivity contribution in [2.75, 3.05) is 14.2 Å². The van der Waals surface area contributed by atoms with Crippen LogP contribution in [0, 0.1) is 11.7 Å². The number of benzene rings is 1. The van der Waals surface area contributed by atoms with Crippen LogP contribution in [-0.2, 0) is 0 Å². The Hall–Kier alpha value is -0.610. The Bertz CT molecular complexity index is 368. The SMILES string of the molecule is CNC(c1cc(Br)c(F)cc1OC)C(C)C. The zero-order valence-electron chi connectivity index (χ0n) is 9.97. The minimum absolute atomic E-state index is 0.145. The predicted octanol–water partition coefficient (Wildman–Crippen LogP) is 3.51.